The zero-order valence-corrected chi connectivity index (χ0v) is 11.9. The van der Waals surface area contributed by atoms with Crippen molar-refractivity contribution in [1.82, 2.24) is 4.90 Å². The standard InChI is InChI=1S/C16H23NO2/c1-12-3-4-13(2)15(9-12)11-17-7-5-14(6-8-17)10-16(18)19/h3-4,9,14H,5-8,10-11H2,1-2H3,(H,18,19). The van der Waals surface area contributed by atoms with E-state index in [1.165, 1.54) is 16.7 Å². The molecule has 0 spiro atoms. The number of nitrogens with zero attached hydrogens (tertiary/aromatic N) is 1. The average Bonchev–Trinajstić information content (AvgIpc) is 2.35. The van der Waals surface area contributed by atoms with Crippen LogP contribution in [0.15, 0.2) is 18.2 Å². The van der Waals surface area contributed by atoms with Gasteiger partial charge in [-0.2, -0.15) is 0 Å². The first-order chi connectivity index (χ1) is 9.04. The molecule has 104 valence electrons. The molecule has 1 fully saturated rings. The van der Waals surface area contributed by atoms with Gasteiger partial charge in [0, 0.05) is 13.0 Å². The van der Waals surface area contributed by atoms with E-state index in [1.54, 1.807) is 0 Å². The van der Waals surface area contributed by atoms with E-state index < -0.39 is 5.97 Å². The molecule has 0 atom stereocenters. The number of benzene rings is 1. The van der Waals surface area contributed by atoms with Gasteiger partial charge in [-0.15, -0.1) is 0 Å². The van der Waals surface area contributed by atoms with Crippen molar-refractivity contribution < 1.29 is 9.90 Å². The van der Waals surface area contributed by atoms with Crippen LogP contribution in [0.25, 0.3) is 0 Å². The lowest BCUT2D eigenvalue weighted by molar-refractivity contribution is -0.138. The lowest BCUT2D eigenvalue weighted by Crippen LogP contribution is -2.34. The summed E-state index contributed by atoms with van der Waals surface area (Å²) >= 11 is 0. The summed E-state index contributed by atoms with van der Waals surface area (Å²) in [7, 11) is 0. The second-order valence-corrected chi connectivity index (χ2v) is 5.75. The Labute approximate surface area is 115 Å². The fraction of sp³-hybridized carbons (Fsp3) is 0.562. The second kappa shape index (κ2) is 6.20. The summed E-state index contributed by atoms with van der Waals surface area (Å²) in [5.41, 5.74) is 4.05. The Morgan fingerprint density at radius 2 is 2.00 bits per heavy atom. The molecule has 0 aliphatic carbocycles. The smallest absolute Gasteiger partial charge is 0.303 e. The van der Waals surface area contributed by atoms with Crippen LogP contribution >= 0.6 is 0 Å². The lowest BCUT2D eigenvalue weighted by atomic mass is 9.93. The van der Waals surface area contributed by atoms with E-state index in [0.29, 0.717) is 12.3 Å². The Kier molecular flexibility index (Phi) is 4.59. The number of carboxylic acid groups (broad SMARTS) is 1. The third-order valence-corrected chi connectivity index (χ3v) is 4.07. The summed E-state index contributed by atoms with van der Waals surface area (Å²) in [6.45, 7) is 7.32. The topological polar surface area (TPSA) is 40.5 Å². The molecular weight excluding hydrogens is 238 g/mol. The molecular formula is C16H23NO2. The number of carboxylic acids is 1. The van der Waals surface area contributed by atoms with Crippen molar-refractivity contribution in [2.75, 3.05) is 13.1 Å². The van der Waals surface area contributed by atoms with Crippen LogP contribution in [0.4, 0.5) is 0 Å². The first-order valence-corrected chi connectivity index (χ1v) is 7.05. The maximum absolute atomic E-state index is 10.7. The number of hydrogen-bond donors (Lipinski definition) is 1. The van der Waals surface area contributed by atoms with Gasteiger partial charge in [0.05, 0.1) is 0 Å². The van der Waals surface area contributed by atoms with Gasteiger partial charge in [-0.05, 0) is 56.8 Å². The number of likely N-dealkylation sites (tertiary alicyclic amines) is 1. The molecule has 0 saturated carbocycles. The van der Waals surface area contributed by atoms with Crippen molar-refractivity contribution in [3.63, 3.8) is 0 Å². The Hall–Kier alpha value is -1.35. The molecule has 0 radical (unpaired) electrons. The van der Waals surface area contributed by atoms with Crippen molar-refractivity contribution in [3.05, 3.63) is 34.9 Å². The van der Waals surface area contributed by atoms with Gasteiger partial charge in [0.15, 0.2) is 0 Å². The monoisotopic (exact) mass is 261 g/mol. The number of rotatable bonds is 4. The number of aliphatic carboxylic acids is 1. The maximum Gasteiger partial charge on any atom is 0.303 e. The zero-order valence-electron chi connectivity index (χ0n) is 11.9. The summed E-state index contributed by atoms with van der Waals surface area (Å²) in [6, 6.07) is 6.60. The van der Waals surface area contributed by atoms with Gasteiger partial charge in [-0.25, -0.2) is 0 Å². The van der Waals surface area contributed by atoms with Gasteiger partial charge in [-0.1, -0.05) is 23.8 Å². The SMILES string of the molecule is Cc1ccc(C)c(CN2CCC(CC(=O)O)CC2)c1. The van der Waals surface area contributed by atoms with Crippen LogP contribution in [0.1, 0.15) is 36.0 Å². The molecule has 3 heteroatoms. The largest absolute Gasteiger partial charge is 0.481 e. The van der Waals surface area contributed by atoms with E-state index in [9.17, 15) is 4.79 Å². The molecule has 1 heterocycles. The van der Waals surface area contributed by atoms with Crippen molar-refractivity contribution in [2.24, 2.45) is 5.92 Å². The summed E-state index contributed by atoms with van der Waals surface area (Å²) in [4.78, 5) is 13.2. The first kappa shape index (κ1) is 14.1. The highest BCUT2D eigenvalue weighted by molar-refractivity contribution is 5.67. The summed E-state index contributed by atoms with van der Waals surface area (Å²) in [5, 5.41) is 8.82. The third kappa shape index (κ3) is 4.06. The Morgan fingerprint density at radius 3 is 2.63 bits per heavy atom. The van der Waals surface area contributed by atoms with Crippen LogP contribution in [0, 0.1) is 19.8 Å². The van der Waals surface area contributed by atoms with Gasteiger partial charge in [-0.3, -0.25) is 9.69 Å². The maximum atomic E-state index is 10.7. The van der Waals surface area contributed by atoms with E-state index >= 15 is 0 Å². The molecule has 1 aliphatic rings. The first-order valence-electron chi connectivity index (χ1n) is 7.05. The van der Waals surface area contributed by atoms with E-state index in [1.807, 2.05) is 0 Å². The minimum Gasteiger partial charge on any atom is -0.481 e. The van der Waals surface area contributed by atoms with Crippen LogP contribution in [0.3, 0.4) is 0 Å². The predicted molar refractivity (Wildman–Crippen MR) is 76.2 cm³/mol. The van der Waals surface area contributed by atoms with E-state index in [4.69, 9.17) is 5.11 Å². The Morgan fingerprint density at radius 1 is 1.32 bits per heavy atom. The molecule has 19 heavy (non-hydrogen) atoms. The molecule has 0 aromatic heterocycles. The van der Waals surface area contributed by atoms with Crippen LogP contribution in [-0.4, -0.2) is 29.1 Å². The minimum absolute atomic E-state index is 0.331. The quantitative estimate of drug-likeness (QED) is 0.905. The minimum atomic E-state index is -0.659. The Balaban J connectivity index is 1.88. The highest BCUT2D eigenvalue weighted by Crippen LogP contribution is 2.22. The molecule has 1 saturated heterocycles. The predicted octanol–water partition coefficient (Wildman–Crippen LogP) is 2.99. The van der Waals surface area contributed by atoms with Crippen molar-refractivity contribution in [2.45, 2.75) is 39.7 Å². The van der Waals surface area contributed by atoms with Crippen LogP contribution < -0.4 is 0 Å². The van der Waals surface area contributed by atoms with E-state index in [2.05, 4.69) is 36.9 Å². The number of aryl methyl sites for hydroxylation is 2. The van der Waals surface area contributed by atoms with Gasteiger partial charge in [0.1, 0.15) is 0 Å². The summed E-state index contributed by atoms with van der Waals surface area (Å²) in [6.07, 6.45) is 2.35. The van der Waals surface area contributed by atoms with Crippen molar-refractivity contribution in [3.8, 4) is 0 Å². The molecule has 3 nitrogen and oxygen atoms in total. The van der Waals surface area contributed by atoms with Crippen LogP contribution in [0.2, 0.25) is 0 Å². The Bertz CT molecular complexity index is 448. The molecule has 1 aliphatic heterocycles. The fourth-order valence-corrected chi connectivity index (χ4v) is 2.81. The van der Waals surface area contributed by atoms with Gasteiger partial charge in [0.25, 0.3) is 0 Å². The average molecular weight is 261 g/mol. The van der Waals surface area contributed by atoms with E-state index in [0.717, 1.165) is 32.5 Å². The number of piperidine rings is 1. The second-order valence-electron chi connectivity index (χ2n) is 5.75. The number of carbonyl (C=O) groups is 1. The molecule has 2 rings (SSSR count). The molecule has 1 N–H and O–H groups in total. The van der Waals surface area contributed by atoms with E-state index in [-0.39, 0.29) is 0 Å². The van der Waals surface area contributed by atoms with Crippen molar-refractivity contribution >= 4 is 5.97 Å². The summed E-state index contributed by atoms with van der Waals surface area (Å²) < 4.78 is 0. The summed E-state index contributed by atoms with van der Waals surface area (Å²) in [5.74, 6) is -0.291. The normalized spacial score (nSPS) is 17.6. The fourth-order valence-electron chi connectivity index (χ4n) is 2.81. The van der Waals surface area contributed by atoms with Crippen LogP contribution in [-0.2, 0) is 11.3 Å². The number of hydrogen-bond acceptors (Lipinski definition) is 2. The zero-order chi connectivity index (χ0) is 13.8. The lowest BCUT2D eigenvalue weighted by Gasteiger charge is -2.31. The molecule has 0 unspecified atom stereocenters. The molecule has 1 aromatic carbocycles. The molecule has 1 aromatic rings. The highest BCUT2D eigenvalue weighted by atomic mass is 16.4. The van der Waals surface area contributed by atoms with Gasteiger partial charge >= 0.3 is 5.97 Å². The highest BCUT2D eigenvalue weighted by Gasteiger charge is 2.21. The third-order valence-electron chi connectivity index (χ3n) is 4.07. The van der Waals surface area contributed by atoms with Crippen molar-refractivity contribution in [1.29, 1.82) is 0 Å². The van der Waals surface area contributed by atoms with Crippen LogP contribution in [0.5, 0.6) is 0 Å². The van der Waals surface area contributed by atoms with Gasteiger partial charge < -0.3 is 5.11 Å². The molecule has 0 amide bonds. The van der Waals surface area contributed by atoms with Gasteiger partial charge in [0.2, 0.25) is 0 Å². The molecule has 0 bridgehead atoms.